The van der Waals surface area contributed by atoms with Crippen molar-refractivity contribution in [3.63, 3.8) is 0 Å². The van der Waals surface area contributed by atoms with Crippen LogP contribution in [0.2, 0.25) is 0 Å². The zero-order valence-electron chi connectivity index (χ0n) is 12.3. The highest BCUT2D eigenvalue weighted by atomic mass is 79.9. The lowest BCUT2D eigenvalue weighted by Crippen LogP contribution is -2.46. The number of halogens is 1. The molecule has 4 heteroatoms. The number of rotatable bonds is 4. The first-order valence-electron chi connectivity index (χ1n) is 7.54. The molecule has 1 aliphatic carbocycles. The molecule has 0 unspecified atom stereocenters. The fourth-order valence-electron chi connectivity index (χ4n) is 2.92. The van der Waals surface area contributed by atoms with Crippen molar-refractivity contribution in [3.8, 4) is 0 Å². The second-order valence-corrected chi connectivity index (χ2v) is 6.73. The normalized spacial score (nSPS) is 15.7. The van der Waals surface area contributed by atoms with E-state index >= 15 is 0 Å². The Kier molecular flexibility index (Phi) is 4.48. The molecule has 3 nitrogen and oxygen atoms in total. The van der Waals surface area contributed by atoms with Crippen LogP contribution in [0.1, 0.15) is 24.8 Å². The molecule has 0 bridgehead atoms. The third kappa shape index (κ3) is 3.33. The number of nitrogens with one attached hydrogen (secondary N) is 2. The van der Waals surface area contributed by atoms with E-state index in [4.69, 9.17) is 0 Å². The zero-order valence-corrected chi connectivity index (χ0v) is 13.9. The van der Waals surface area contributed by atoms with E-state index in [1.807, 2.05) is 30.3 Å². The van der Waals surface area contributed by atoms with E-state index < -0.39 is 0 Å². The summed E-state index contributed by atoms with van der Waals surface area (Å²) >= 11 is 3.38. The minimum Gasteiger partial charge on any atom is -0.337 e. The van der Waals surface area contributed by atoms with E-state index in [1.165, 1.54) is 12.0 Å². The number of amides is 2. The maximum Gasteiger partial charge on any atom is 0.319 e. The van der Waals surface area contributed by atoms with Gasteiger partial charge in [0.2, 0.25) is 0 Å². The van der Waals surface area contributed by atoms with Crippen molar-refractivity contribution in [3.05, 3.63) is 64.6 Å². The van der Waals surface area contributed by atoms with Crippen LogP contribution in [0.15, 0.2) is 59.1 Å². The highest BCUT2D eigenvalue weighted by Gasteiger charge is 2.38. The van der Waals surface area contributed by atoms with E-state index in [2.05, 4.69) is 50.8 Å². The largest absolute Gasteiger partial charge is 0.337 e. The third-order valence-electron chi connectivity index (χ3n) is 4.39. The average Bonchev–Trinajstić information content (AvgIpc) is 2.50. The van der Waals surface area contributed by atoms with Gasteiger partial charge in [-0.3, -0.25) is 0 Å². The molecule has 0 heterocycles. The third-order valence-corrected chi connectivity index (χ3v) is 4.91. The SMILES string of the molecule is O=C(NCC1(c2ccccc2)CCC1)Nc1ccc(Br)cc1. The highest BCUT2D eigenvalue weighted by Crippen LogP contribution is 2.43. The molecular weight excluding hydrogens is 340 g/mol. The van der Waals surface area contributed by atoms with Crippen molar-refractivity contribution in [2.75, 3.05) is 11.9 Å². The fraction of sp³-hybridized carbons (Fsp3) is 0.278. The van der Waals surface area contributed by atoms with Gasteiger partial charge < -0.3 is 10.6 Å². The van der Waals surface area contributed by atoms with Gasteiger partial charge in [-0.15, -0.1) is 0 Å². The van der Waals surface area contributed by atoms with Crippen LogP contribution in [0.25, 0.3) is 0 Å². The molecule has 2 amide bonds. The second kappa shape index (κ2) is 6.53. The quantitative estimate of drug-likeness (QED) is 0.817. The van der Waals surface area contributed by atoms with Crippen LogP contribution in [0, 0.1) is 0 Å². The topological polar surface area (TPSA) is 41.1 Å². The van der Waals surface area contributed by atoms with E-state index in [-0.39, 0.29) is 11.4 Å². The molecule has 0 aromatic heterocycles. The summed E-state index contributed by atoms with van der Waals surface area (Å²) in [5, 5.41) is 5.90. The molecule has 2 N–H and O–H groups in total. The maximum atomic E-state index is 12.1. The summed E-state index contributed by atoms with van der Waals surface area (Å²) in [7, 11) is 0. The molecule has 0 radical (unpaired) electrons. The summed E-state index contributed by atoms with van der Waals surface area (Å²) in [6, 6.07) is 17.9. The minimum absolute atomic E-state index is 0.109. The monoisotopic (exact) mass is 358 g/mol. The second-order valence-electron chi connectivity index (χ2n) is 5.81. The van der Waals surface area contributed by atoms with Crippen molar-refractivity contribution in [1.82, 2.24) is 5.32 Å². The number of hydrogen-bond acceptors (Lipinski definition) is 1. The van der Waals surface area contributed by atoms with Gasteiger partial charge >= 0.3 is 6.03 Å². The van der Waals surface area contributed by atoms with Crippen molar-refractivity contribution in [2.24, 2.45) is 0 Å². The molecule has 0 aliphatic heterocycles. The summed E-state index contributed by atoms with van der Waals surface area (Å²) in [4.78, 5) is 12.1. The van der Waals surface area contributed by atoms with Gasteiger partial charge in [-0.05, 0) is 42.7 Å². The first-order valence-corrected chi connectivity index (χ1v) is 8.33. The van der Waals surface area contributed by atoms with Crippen molar-refractivity contribution >= 4 is 27.6 Å². The molecule has 114 valence electrons. The fourth-order valence-corrected chi connectivity index (χ4v) is 3.19. The summed E-state index contributed by atoms with van der Waals surface area (Å²) in [5.74, 6) is 0. The molecule has 0 atom stereocenters. The molecule has 2 aromatic rings. The molecule has 3 rings (SSSR count). The Morgan fingerprint density at radius 2 is 1.73 bits per heavy atom. The number of benzene rings is 2. The van der Waals surface area contributed by atoms with E-state index in [0.29, 0.717) is 6.54 Å². The molecule has 1 saturated carbocycles. The van der Waals surface area contributed by atoms with Crippen LogP contribution >= 0.6 is 15.9 Å². The Bertz CT molecular complexity index is 636. The Balaban J connectivity index is 1.59. The van der Waals surface area contributed by atoms with Crippen LogP contribution in [0.3, 0.4) is 0 Å². The van der Waals surface area contributed by atoms with Crippen molar-refractivity contribution < 1.29 is 4.79 Å². The predicted molar refractivity (Wildman–Crippen MR) is 93.1 cm³/mol. The van der Waals surface area contributed by atoms with E-state index in [9.17, 15) is 4.79 Å². The van der Waals surface area contributed by atoms with Crippen LogP contribution in [-0.4, -0.2) is 12.6 Å². The summed E-state index contributed by atoms with van der Waals surface area (Å²) in [5.41, 5.74) is 2.23. The van der Waals surface area contributed by atoms with Gasteiger partial charge in [0.1, 0.15) is 0 Å². The number of carbonyl (C=O) groups is 1. The Hall–Kier alpha value is -1.81. The van der Waals surface area contributed by atoms with Gasteiger partial charge in [0.25, 0.3) is 0 Å². The highest BCUT2D eigenvalue weighted by molar-refractivity contribution is 9.10. The number of urea groups is 1. The Morgan fingerprint density at radius 1 is 1.05 bits per heavy atom. The van der Waals surface area contributed by atoms with Crippen LogP contribution < -0.4 is 10.6 Å². The summed E-state index contributed by atoms with van der Waals surface area (Å²) < 4.78 is 0.996. The minimum atomic E-state index is -0.149. The molecule has 1 fully saturated rings. The first-order chi connectivity index (χ1) is 10.7. The lowest BCUT2D eigenvalue weighted by atomic mass is 9.64. The number of hydrogen-bond donors (Lipinski definition) is 2. The lowest BCUT2D eigenvalue weighted by molar-refractivity contribution is 0.222. The zero-order chi connectivity index (χ0) is 15.4. The summed E-state index contributed by atoms with van der Waals surface area (Å²) in [6.45, 7) is 0.680. The van der Waals surface area contributed by atoms with Crippen LogP contribution in [0.4, 0.5) is 10.5 Å². The van der Waals surface area contributed by atoms with Gasteiger partial charge in [-0.25, -0.2) is 4.79 Å². The average molecular weight is 359 g/mol. The number of carbonyl (C=O) groups excluding carboxylic acids is 1. The van der Waals surface area contributed by atoms with E-state index in [0.717, 1.165) is 23.0 Å². The standard InChI is InChI=1S/C18H19BrN2O/c19-15-7-9-16(10-8-15)21-17(22)20-13-18(11-4-12-18)14-5-2-1-3-6-14/h1-3,5-10H,4,11-13H2,(H2,20,21,22). The van der Waals surface area contributed by atoms with Crippen molar-refractivity contribution in [2.45, 2.75) is 24.7 Å². The molecule has 2 aromatic carbocycles. The smallest absolute Gasteiger partial charge is 0.319 e. The first kappa shape index (κ1) is 15.1. The van der Waals surface area contributed by atoms with Gasteiger partial charge in [0.15, 0.2) is 0 Å². The molecule has 0 saturated heterocycles. The van der Waals surface area contributed by atoms with Gasteiger partial charge in [-0.2, -0.15) is 0 Å². The molecule has 1 aliphatic rings. The molecular formula is C18H19BrN2O. The maximum absolute atomic E-state index is 12.1. The number of anilines is 1. The van der Waals surface area contributed by atoms with Gasteiger partial charge in [-0.1, -0.05) is 52.7 Å². The predicted octanol–water partition coefficient (Wildman–Crippen LogP) is 4.69. The Labute approximate surface area is 139 Å². The van der Waals surface area contributed by atoms with Crippen molar-refractivity contribution in [1.29, 1.82) is 0 Å². The van der Waals surface area contributed by atoms with E-state index in [1.54, 1.807) is 0 Å². The van der Waals surface area contributed by atoms with Gasteiger partial charge in [0.05, 0.1) is 0 Å². The Morgan fingerprint density at radius 3 is 2.32 bits per heavy atom. The molecule has 22 heavy (non-hydrogen) atoms. The summed E-state index contributed by atoms with van der Waals surface area (Å²) in [6.07, 6.45) is 3.50. The van der Waals surface area contributed by atoms with Crippen LogP contribution in [0.5, 0.6) is 0 Å². The van der Waals surface area contributed by atoms with Crippen LogP contribution in [-0.2, 0) is 5.41 Å². The van der Waals surface area contributed by atoms with Gasteiger partial charge in [0, 0.05) is 22.1 Å². The molecule has 0 spiro atoms. The lowest BCUT2D eigenvalue weighted by Gasteiger charge is -2.42.